The summed E-state index contributed by atoms with van der Waals surface area (Å²) in [4.78, 5) is 9.10. The molecule has 0 fully saturated rings. The van der Waals surface area contributed by atoms with Crippen LogP contribution in [0.5, 0.6) is 0 Å². The highest BCUT2D eigenvalue weighted by Crippen LogP contribution is 2.26. The second-order valence-electron chi connectivity index (χ2n) is 7.39. The van der Waals surface area contributed by atoms with Gasteiger partial charge in [0.05, 0.1) is 6.20 Å². The lowest BCUT2D eigenvalue weighted by atomic mass is 9.93. The Bertz CT molecular complexity index is 1140. The first-order chi connectivity index (χ1) is 13.7. The van der Waals surface area contributed by atoms with Crippen LogP contribution in [0.2, 0.25) is 0 Å². The van der Waals surface area contributed by atoms with Crippen LogP contribution in [0.1, 0.15) is 30.2 Å². The number of fused-ring (bicyclic) bond motifs is 2. The van der Waals surface area contributed by atoms with Crippen molar-refractivity contribution in [1.82, 2.24) is 29.4 Å². The zero-order valence-electron chi connectivity index (χ0n) is 16.1. The van der Waals surface area contributed by atoms with Gasteiger partial charge in [0.25, 0.3) is 0 Å². The monoisotopic (exact) mass is 373 g/mol. The van der Waals surface area contributed by atoms with E-state index in [1.807, 2.05) is 42.3 Å². The van der Waals surface area contributed by atoms with Crippen molar-refractivity contribution in [3.8, 4) is 11.1 Å². The maximum absolute atomic E-state index is 4.78. The minimum absolute atomic E-state index is 0.323. The highest BCUT2D eigenvalue weighted by molar-refractivity contribution is 5.77. The molecule has 0 amide bonds. The number of anilines is 1. The molecule has 0 aliphatic heterocycles. The number of nitrogens with one attached hydrogen (secondary N) is 1. The molecule has 0 spiro atoms. The van der Waals surface area contributed by atoms with Crippen LogP contribution in [0.15, 0.2) is 43.0 Å². The van der Waals surface area contributed by atoms with Gasteiger partial charge in [0, 0.05) is 48.0 Å². The Morgan fingerprint density at radius 2 is 2.18 bits per heavy atom. The fourth-order valence-corrected chi connectivity index (χ4v) is 4.06. The van der Waals surface area contributed by atoms with Crippen LogP contribution in [-0.2, 0) is 19.4 Å². The van der Waals surface area contributed by atoms with Gasteiger partial charge in [-0.25, -0.2) is 4.52 Å². The number of rotatable bonds is 4. The van der Waals surface area contributed by atoms with Crippen molar-refractivity contribution in [3.05, 3.63) is 59.8 Å². The minimum Gasteiger partial charge on any atom is -0.350 e. The van der Waals surface area contributed by atoms with Crippen LogP contribution in [0.25, 0.3) is 16.8 Å². The molecule has 5 rings (SSSR count). The second kappa shape index (κ2) is 6.74. The van der Waals surface area contributed by atoms with E-state index in [1.165, 1.54) is 11.3 Å². The summed E-state index contributed by atoms with van der Waals surface area (Å²) in [7, 11) is 0. The molecule has 4 aromatic rings. The molecule has 0 saturated heterocycles. The van der Waals surface area contributed by atoms with Gasteiger partial charge in [-0.3, -0.25) is 9.67 Å². The molecule has 1 aliphatic carbocycles. The first-order valence-corrected chi connectivity index (χ1v) is 9.79. The molecule has 4 heterocycles. The van der Waals surface area contributed by atoms with Gasteiger partial charge in [0.1, 0.15) is 0 Å². The van der Waals surface area contributed by atoms with E-state index in [2.05, 4.69) is 44.2 Å². The molecule has 1 unspecified atom stereocenters. The van der Waals surface area contributed by atoms with E-state index in [4.69, 9.17) is 4.98 Å². The van der Waals surface area contributed by atoms with Crippen molar-refractivity contribution >= 4 is 11.6 Å². The van der Waals surface area contributed by atoms with Crippen molar-refractivity contribution in [2.24, 2.45) is 0 Å². The zero-order chi connectivity index (χ0) is 19.1. The lowest BCUT2D eigenvalue weighted by molar-refractivity contribution is 0.552. The summed E-state index contributed by atoms with van der Waals surface area (Å²) >= 11 is 0. The van der Waals surface area contributed by atoms with Gasteiger partial charge in [-0.2, -0.15) is 10.1 Å². The Labute approximate surface area is 163 Å². The molecule has 4 aromatic heterocycles. The van der Waals surface area contributed by atoms with Crippen molar-refractivity contribution in [1.29, 1.82) is 0 Å². The van der Waals surface area contributed by atoms with Crippen molar-refractivity contribution < 1.29 is 0 Å². The number of pyridine rings is 2. The molecular weight excluding hydrogens is 350 g/mol. The molecule has 0 aromatic carbocycles. The van der Waals surface area contributed by atoms with Gasteiger partial charge >= 0.3 is 0 Å². The fourth-order valence-electron chi connectivity index (χ4n) is 4.06. The number of nitrogens with zero attached hydrogens (tertiary/aromatic N) is 6. The zero-order valence-corrected chi connectivity index (χ0v) is 16.1. The van der Waals surface area contributed by atoms with Crippen molar-refractivity contribution in [2.75, 3.05) is 5.32 Å². The molecule has 28 heavy (non-hydrogen) atoms. The molecule has 142 valence electrons. The van der Waals surface area contributed by atoms with E-state index in [0.29, 0.717) is 12.0 Å². The van der Waals surface area contributed by atoms with Gasteiger partial charge in [0.2, 0.25) is 5.95 Å². The molecule has 1 N–H and O–H groups in total. The summed E-state index contributed by atoms with van der Waals surface area (Å²) < 4.78 is 3.94. The Morgan fingerprint density at radius 3 is 3.04 bits per heavy atom. The number of aryl methyl sites for hydroxylation is 2. The molecule has 1 atom stereocenters. The van der Waals surface area contributed by atoms with E-state index in [0.717, 1.165) is 48.1 Å². The summed E-state index contributed by atoms with van der Waals surface area (Å²) in [5, 5.41) is 12.7. The standard InChI is InChI=1S/C21H23N7/c1-3-27-19-7-6-17(10-16(19)13-23-27)24-21-25-20-18(5-4-8-28(20)26-21)15-9-14(2)11-22-12-15/h4-5,8-9,11-13,17H,3,6-7,10H2,1-2H3,(H,24,26). The molecule has 0 bridgehead atoms. The quantitative estimate of drug-likeness (QED) is 0.594. The third-order valence-corrected chi connectivity index (χ3v) is 5.41. The highest BCUT2D eigenvalue weighted by Gasteiger charge is 2.23. The molecule has 1 aliphatic rings. The largest absolute Gasteiger partial charge is 0.350 e. The van der Waals surface area contributed by atoms with Crippen LogP contribution in [0.3, 0.4) is 0 Å². The number of hydrogen-bond acceptors (Lipinski definition) is 5. The Morgan fingerprint density at radius 1 is 1.25 bits per heavy atom. The lowest BCUT2D eigenvalue weighted by Crippen LogP contribution is -2.28. The van der Waals surface area contributed by atoms with Gasteiger partial charge in [-0.1, -0.05) is 0 Å². The predicted molar refractivity (Wildman–Crippen MR) is 108 cm³/mol. The second-order valence-corrected chi connectivity index (χ2v) is 7.39. The molecule has 0 radical (unpaired) electrons. The van der Waals surface area contributed by atoms with Crippen molar-refractivity contribution in [3.63, 3.8) is 0 Å². The van der Waals surface area contributed by atoms with Gasteiger partial charge in [-0.15, -0.1) is 5.10 Å². The fraction of sp³-hybridized carbons (Fsp3) is 0.333. The molecule has 7 nitrogen and oxygen atoms in total. The normalized spacial score (nSPS) is 16.3. The lowest BCUT2D eigenvalue weighted by Gasteiger charge is -2.23. The molecular formula is C21H23N7. The van der Waals surface area contributed by atoms with E-state index in [9.17, 15) is 0 Å². The smallest absolute Gasteiger partial charge is 0.243 e. The van der Waals surface area contributed by atoms with E-state index in [1.54, 1.807) is 0 Å². The van der Waals surface area contributed by atoms with Crippen LogP contribution < -0.4 is 5.32 Å². The van der Waals surface area contributed by atoms with Crippen molar-refractivity contribution in [2.45, 2.75) is 45.7 Å². The third kappa shape index (κ3) is 2.93. The average Bonchev–Trinajstić information content (AvgIpc) is 3.30. The maximum Gasteiger partial charge on any atom is 0.243 e. The topological polar surface area (TPSA) is 72.9 Å². The Kier molecular flexibility index (Phi) is 4.07. The van der Waals surface area contributed by atoms with E-state index >= 15 is 0 Å². The van der Waals surface area contributed by atoms with Gasteiger partial charge in [0.15, 0.2) is 5.65 Å². The maximum atomic E-state index is 4.78. The Hall–Kier alpha value is -3.22. The van der Waals surface area contributed by atoms with Gasteiger partial charge < -0.3 is 5.32 Å². The first-order valence-electron chi connectivity index (χ1n) is 9.79. The summed E-state index contributed by atoms with van der Waals surface area (Å²) in [6.07, 6.45) is 10.7. The van der Waals surface area contributed by atoms with E-state index < -0.39 is 0 Å². The first kappa shape index (κ1) is 16.9. The van der Waals surface area contributed by atoms with Crippen LogP contribution in [0.4, 0.5) is 5.95 Å². The van der Waals surface area contributed by atoms with E-state index in [-0.39, 0.29) is 0 Å². The number of hydrogen-bond donors (Lipinski definition) is 1. The molecule has 7 heteroatoms. The summed E-state index contributed by atoms with van der Waals surface area (Å²) in [5.41, 5.74) is 6.77. The summed E-state index contributed by atoms with van der Waals surface area (Å²) in [6.45, 7) is 5.11. The Balaban J connectivity index is 1.42. The third-order valence-electron chi connectivity index (χ3n) is 5.41. The van der Waals surface area contributed by atoms with Crippen LogP contribution in [-0.4, -0.2) is 35.4 Å². The summed E-state index contributed by atoms with van der Waals surface area (Å²) in [5.74, 6) is 0.671. The summed E-state index contributed by atoms with van der Waals surface area (Å²) in [6, 6.07) is 6.51. The number of aromatic nitrogens is 6. The predicted octanol–water partition coefficient (Wildman–Crippen LogP) is 3.29. The van der Waals surface area contributed by atoms with Crippen LogP contribution in [0, 0.1) is 6.92 Å². The SMILES string of the molecule is CCn1ncc2c1CCC(Nc1nc3c(-c4cncc(C)c4)cccn3n1)C2. The molecule has 0 saturated carbocycles. The highest BCUT2D eigenvalue weighted by atomic mass is 15.3. The van der Waals surface area contributed by atoms with Crippen LogP contribution >= 0.6 is 0 Å². The minimum atomic E-state index is 0.323. The van der Waals surface area contributed by atoms with Gasteiger partial charge in [-0.05, 0) is 62.4 Å². The average molecular weight is 373 g/mol.